The molecule has 144 valence electrons. The smallest absolute Gasteiger partial charge is 0.355 e. The summed E-state index contributed by atoms with van der Waals surface area (Å²) in [7, 11) is 0. The first-order valence-electron chi connectivity index (χ1n) is 8.92. The molecule has 0 saturated heterocycles. The van der Waals surface area contributed by atoms with E-state index < -0.39 is 18.0 Å². The predicted octanol–water partition coefficient (Wildman–Crippen LogP) is 3.70. The first kappa shape index (κ1) is 17.9. The predicted molar refractivity (Wildman–Crippen MR) is 104 cm³/mol. The van der Waals surface area contributed by atoms with E-state index in [4.69, 9.17) is 14.2 Å². The quantitative estimate of drug-likeness (QED) is 0.674. The molecule has 7 nitrogen and oxygen atoms in total. The summed E-state index contributed by atoms with van der Waals surface area (Å²) in [5.74, 6) is 0.171. The minimum atomic E-state index is -0.966. The lowest BCUT2D eigenvalue weighted by atomic mass is 10.1. The fourth-order valence-corrected chi connectivity index (χ4v) is 3.20. The van der Waals surface area contributed by atoms with Gasteiger partial charge in [-0.05, 0) is 56.2 Å². The molecule has 1 aliphatic rings. The Labute approximate surface area is 161 Å². The van der Waals surface area contributed by atoms with Gasteiger partial charge in [0.15, 0.2) is 17.6 Å². The van der Waals surface area contributed by atoms with Crippen LogP contribution in [0.4, 0.5) is 5.69 Å². The first-order chi connectivity index (χ1) is 13.4. The van der Waals surface area contributed by atoms with E-state index in [9.17, 15) is 9.59 Å². The number of hydrogen-bond acceptors (Lipinski definition) is 5. The van der Waals surface area contributed by atoms with Crippen molar-refractivity contribution in [3.05, 3.63) is 53.2 Å². The molecule has 1 aliphatic heterocycles. The molecule has 0 saturated carbocycles. The van der Waals surface area contributed by atoms with Gasteiger partial charge in [0.25, 0.3) is 5.91 Å². The normalized spacial score (nSPS) is 13.4. The van der Waals surface area contributed by atoms with Crippen LogP contribution in [0.3, 0.4) is 0 Å². The highest BCUT2D eigenvalue weighted by Crippen LogP contribution is 2.34. The molecule has 7 heteroatoms. The molecule has 1 aromatic heterocycles. The van der Waals surface area contributed by atoms with Crippen LogP contribution in [0, 0.1) is 13.8 Å². The van der Waals surface area contributed by atoms with Crippen molar-refractivity contribution in [1.82, 2.24) is 4.98 Å². The number of benzene rings is 2. The Morgan fingerprint density at radius 2 is 1.89 bits per heavy atom. The zero-order valence-corrected chi connectivity index (χ0v) is 15.8. The highest BCUT2D eigenvalue weighted by atomic mass is 16.7. The van der Waals surface area contributed by atoms with Crippen molar-refractivity contribution in [2.45, 2.75) is 26.9 Å². The zero-order valence-electron chi connectivity index (χ0n) is 15.8. The number of carbonyl (C=O) groups excluding carboxylic acids is 2. The van der Waals surface area contributed by atoms with Gasteiger partial charge in [-0.15, -0.1) is 0 Å². The monoisotopic (exact) mass is 380 g/mol. The van der Waals surface area contributed by atoms with Gasteiger partial charge in [-0.1, -0.05) is 6.07 Å². The molecular weight excluding hydrogens is 360 g/mol. The highest BCUT2D eigenvalue weighted by Gasteiger charge is 2.22. The van der Waals surface area contributed by atoms with Gasteiger partial charge in [0, 0.05) is 22.7 Å². The molecule has 0 aliphatic carbocycles. The van der Waals surface area contributed by atoms with Gasteiger partial charge >= 0.3 is 5.97 Å². The number of aryl methyl sites for hydroxylation is 2. The average molecular weight is 380 g/mol. The van der Waals surface area contributed by atoms with Crippen LogP contribution in [-0.2, 0) is 9.53 Å². The molecule has 0 fully saturated rings. The number of aromatic amines is 1. The van der Waals surface area contributed by atoms with E-state index >= 15 is 0 Å². The zero-order chi connectivity index (χ0) is 19.8. The number of nitrogens with one attached hydrogen (secondary N) is 2. The maximum atomic E-state index is 12.5. The van der Waals surface area contributed by atoms with E-state index in [2.05, 4.69) is 10.3 Å². The van der Waals surface area contributed by atoms with E-state index in [-0.39, 0.29) is 6.79 Å². The lowest BCUT2D eigenvalue weighted by molar-refractivity contribution is -0.123. The van der Waals surface area contributed by atoms with Crippen molar-refractivity contribution >= 4 is 28.5 Å². The minimum Gasteiger partial charge on any atom is -0.454 e. The Hall–Kier alpha value is -3.48. The number of ether oxygens (including phenoxy) is 3. The second-order valence-electron chi connectivity index (χ2n) is 6.83. The van der Waals surface area contributed by atoms with Gasteiger partial charge in [-0.2, -0.15) is 0 Å². The van der Waals surface area contributed by atoms with Crippen LogP contribution in [-0.4, -0.2) is 29.8 Å². The van der Waals surface area contributed by atoms with Crippen LogP contribution in [0.25, 0.3) is 10.9 Å². The molecule has 0 unspecified atom stereocenters. The lowest BCUT2D eigenvalue weighted by Gasteiger charge is -2.13. The van der Waals surface area contributed by atoms with Crippen LogP contribution in [0.1, 0.15) is 28.5 Å². The number of anilines is 1. The Morgan fingerprint density at radius 3 is 2.71 bits per heavy atom. The summed E-state index contributed by atoms with van der Waals surface area (Å²) in [5.41, 5.74) is 3.88. The third kappa shape index (κ3) is 3.38. The number of aromatic nitrogens is 1. The van der Waals surface area contributed by atoms with Crippen molar-refractivity contribution < 1.29 is 23.8 Å². The fourth-order valence-electron chi connectivity index (χ4n) is 3.20. The van der Waals surface area contributed by atoms with Crippen molar-refractivity contribution in [3.8, 4) is 11.5 Å². The first-order valence-corrected chi connectivity index (χ1v) is 8.92. The maximum Gasteiger partial charge on any atom is 0.355 e. The Kier molecular flexibility index (Phi) is 4.43. The van der Waals surface area contributed by atoms with Gasteiger partial charge in [-0.3, -0.25) is 4.79 Å². The summed E-state index contributed by atoms with van der Waals surface area (Å²) in [6.45, 7) is 5.66. The topological polar surface area (TPSA) is 89.7 Å². The van der Waals surface area contributed by atoms with Crippen molar-refractivity contribution in [3.63, 3.8) is 0 Å². The van der Waals surface area contributed by atoms with Crippen LogP contribution >= 0.6 is 0 Å². The minimum absolute atomic E-state index is 0.157. The molecule has 0 spiro atoms. The molecule has 0 radical (unpaired) electrons. The molecule has 0 bridgehead atoms. The van der Waals surface area contributed by atoms with Gasteiger partial charge in [-0.25, -0.2) is 4.79 Å². The summed E-state index contributed by atoms with van der Waals surface area (Å²) in [4.78, 5) is 27.9. The molecular formula is C21H20N2O5. The molecule has 2 aromatic carbocycles. The standard InChI is InChI=1S/C21H20N2O5/c1-11-6-12(2)15-9-17(23-16(15)7-11)21(25)28-13(3)20(24)22-14-4-5-18-19(8-14)27-10-26-18/h4-9,13,23H,10H2,1-3H3,(H,22,24)/t13-/m1/s1. The summed E-state index contributed by atoms with van der Waals surface area (Å²) in [6.07, 6.45) is -0.966. The van der Waals surface area contributed by atoms with Gasteiger partial charge in [0.05, 0.1) is 0 Å². The molecule has 2 N–H and O–H groups in total. The van der Waals surface area contributed by atoms with Gasteiger partial charge in [0.1, 0.15) is 5.69 Å². The van der Waals surface area contributed by atoms with E-state index in [1.165, 1.54) is 6.92 Å². The van der Waals surface area contributed by atoms with Crippen molar-refractivity contribution in [2.24, 2.45) is 0 Å². The number of hydrogen-bond donors (Lipinski definition) is 2. The molecule has 3 aromatic rings. The van der Waals surface area contributed by atoms with Gasteiger partial charge < -0.3 is 24.5 Å². The van der Waals surface area contributed by atoms with Crippen LogP contribution in [0.5, 0.6) is 11.5 Å². The molecule has 28 heavy (non-hydrogen) atoms. The number of H-pyrrole nitrogens is 1. The summed E-state index contributed by atoms with van der Waals surface area (Å²) < 4.78 is 15.9. The number of rotatable bonds is 4. The van der Waals surface area contributed by atoms with Crippen LogP contribution < -0.4 is 14.8 Å². The number of carbonyl (C=O) groups is 2. The summed E-state index contributed by atoms with van der Waals surface area (Å²) >= 11 is 0. The molecule has 1 atom stereocenters. The Balaban J connectivity index is 1.44. The third-order valence-corrected chi connectivity index (χ3v) is 4.60. The van der Waals surface area contributed by atoms with E-state index in [1.807, 2.05) is 26.0 Å². The highest BCUT2D eigenvalue weighted by molar-refractivity contribution is 5.99. The van der Waals surface area contributed by atoms with Crippen molar-refractivity contribution in [2.75, 3.05) is 12.1 Å². The summed E-state index contributed by atoms with van der Waals surface area (Å²) in [5, 5.41) is 3.66. The molecule has 4 rings (SSSR count). The van der Waals surface area contributed by atoms with Crippen molar-refractivity contribution in [1.29, 1.82) is 0 Å². The average Bonchev–Trinajstić information content (AvgIpc) is 3.27. The number of esters is 1. The Bertz CT molecular complexity index is 1090. The SMILES string of the molecule is Cc1cc(C)c2cc(C(=O)O[C@H](C)C(=O)Nc3ccc4c(c3)OCO4)[nH]c2c1. The maximum absolute atomic E-state index is 12.5. The van der Waals surface area contributed by atoms with Crippen LogP contribution in [0.2, 0.25) is 0 Å². The fraction of sp³-hybridized carbons (Fsp3) is 0.238. The summed E-state index contributed by atoms with van der Waals surface area (Å²) in [6, 6.07) is 10.8. The van der Waals surface area contributed by atoms with Crippen LogP contribution in [0.15, 0.2) is 36.4 Å². The Morgan fingerprint density at radius 1 is 1.11 bits per heavy atom. The second-order valence-corrected chi connectivity index (χ2v) is 6.83. The van der Waals surface area contributed by atoms with E-state index in [1.54, 1.807) is 24.3 Å². The largest absolute Gasteiger partial charge is 0.454 e. The molecule has 1 amide bonds. The number of fused-ring (bicyclic) bond motifs is 2. The third-order valence-electron chi connectivity index (χ3n) is 4.60. The van der Waals surface area contributed by atoms with E-state index in [0.717, 1.165) is 22.0 Å². The lowest BCUT2D eigenvalue weighted by Crippen LogP contribution is -2.30. The van der Waals surface area contributed by atoms with Gasteiger partial charge in [0.2, 0.25) is 6.79 Å². The second kappa shape index (κ2) is 6.92. The van der Waals surface area contributed by atoms with E-state index in [0.29, 0.717) is 22.9 Å². The molecule has 2 heterocycles. The number of amides is 1.